The first-order valence-corrected chi connectivity index (χ1v) is 26.2. The predicted molar refractivity (Wildman–Crippen MR) is 247 cm³/mol. The van der Waals surface area contributed by atoms with Crippen LogP contribution in [-0.2, 0) is 46.2 Å². The molecule has 5 aliphatic heterocycles. The number of allylic oxidation sites excluding steroid dienone is 1. The van der Waals surface area contributed by atoms with Crippen LogP contribution >= 0.6 is 0 Å². The van der Waals surface area contributed by atoms with Crippen LogP contribution in [0.25, 0.3) is 0 Å². The van der Waals surface area contributed by atoms with Gasteiger partial charge >= 0.3 is 11.9 Å². The molecular formula is C55H72N2O11. The standard InChI is InChI=1S/C55H72N2O11/c1-50(2)43-42(60)44(61)54(35-13-9-12-32(25-35)24-31-10-5-4-6-11-31)41(53(43)29-65-49(63)52(48(53)68-50)20-7-8-21-52)18-22-51(3)45(66-47(62)46-55(51,54)67-46)36-19-23-64-40(36)26-37(39(59)28-58)33-14-16-34(17-15-33)38-27-56-30-57-38/h4-6,10-11,14,16,19,23,32-35,37-39,41,43-46,48,56-59,61H,7-9,12-13,15,17-18,20-22,24-30H2,1-3H3. The van der Waals surface area contributed by atoms with E-state index in [0.29, 0.717) is 55.4 Å². The van der Waals surface area contributed by atoms with Gasteiger partial charge in [-0.25, -0.2) is 4.79 Å². The largest absolute Gasteiger partial charge is 0.469 e. The van der Waals surface area contributed by atoms with Crippen LogP contribution in [0, 0.1) is 63.1 Å². The summed E-state index contributed by atoms with van der Waals surface area (Å²) in [7, 11) is 0. The number of Topliss-reactive ketones (excluding diaryl/α,β-unsaturated/α-hetero) is 1. The molecule has 68 heavy (non-hydrogen) atoms. The molecule has 4 saturated carbocycles. The molecule has 1 aromatic carbocycles. The summed E-state index contributed by atoms with van der Waals surface area (Å²) in [5.74, 6) is -1.56. The van der Waals surface area contributed by atoms with Gasteiger partial charge in [0, 0.05) is 53.4 Å². The maximum Gasteiger partial charge on any atom is 0.339 e. The number of ether oxygens (including phenoxy) is 4. The van der Waals surface area contributed by atoms with E-state index >= 15 is 4.79 Å². The number of ketones is 1. The number of benzene rings is 1. The Labute approximate surface area is 399 Å². The second-order valence-electron chi connectivity index (χ2n) is 24.0. The summed E-state index contributed by atoms with van der Waals surface area (Å²) in [5, 5.41) is 42.5. The van der Waals surface area contributed by atoms with Gasteiger partial charge in [0.2, 0.25) is 0 Å². The van der Waals surface area contributed by atoms with Crippen molar-refractivity contribution in [2.24, 2.45) is 63.1 Å². The Kier molecular flexibility index (Phi) is 11.0. The minimum absolute atomic E-state index is 0.0179. The van der Waals surface area contributed by atoms with Gasteiger partial charge in [-0.1, -0.05) is 75.1 Å². The number of rotatable bonds is 10. The van der Waals surface area contributed by atoms with Crippen LogP contribution in [0.1, 0.15) is 121 Å². The Bertz CT molecular complexity index is 2320. The van der Waals surface area contributed by atoms with E-state index in [1.807, 2.05) is 26.0 Å². The number of fused-ring (bicyclic) bond motifs is 2. The van der Waals surface area contributed by atoms with Crippen molar-refractivity contribution < 1.29 is 53.1 Å². The van der Waals surface area contributed by atoms with Crippen molar-refractivity contribution in [3.8, 4) is 0 Å². The molecule has 10 aliphatic rings. The number of carbonyl (C=O) groups is 3. The molecule has 2 aromatic rings. The molecule has 5 aliphatic carbocycles. The number of cyclic esters (lactones) is 2. The lowest BCUT2D eigenvalue weighted by Crippen LogP contribution is -2.80. The van der Waals surface area contributed by atoms with E-state index in [1.54, 1.807) is 6.26 Å². The summed E-state index contributed by atoms with van der Waals surface area (Å²) in [6.07, 6.45) is 11.6. The number of carbonyl (C=O) groups excluding carboxylic acids is 3. The fourth-order valence-electron chi connectivity index (χ4n) is 18.1. The lowest BCUT2D eigenvalue weighted by Gasteiger charge is -2.70. The quantitative estimate of drug-likeness (QED) is 0.107. The van der Waals surface area contributed by atoms with Gasteiger partial charge in [0.05, 0.1) is 42.0 Å². The smallest absolute Gasteiger partial charge is 0.339 e. The second-order valence-corrected chi connectivity index (χ2v) is 24.0. The van der Waals surface area contributed by atoms with Gasteiger partial charge < -0.3 is 44.0 Å². The van der Waals surface area contributed by atoms with E-state index in [9.17, 15) is 24.9 Å². The Morgan fingerprint density at radius 2 is 1.71 bits per heavy atom. The number of hydrogen-bond acceptors (Lipinski definition) is 13. The number of epoxide rings is 1. The van der Waals surface area contributed by atoms with Crippen LogP contribution in [-0.4, -0.2) is 101 Å². The van der Waals surface area contributed by atoms with E-state index < -0.39 is 81.9 Å². The monoisotopic (exact) mass is 937 g/mol. The normalized spacial score (nSPS) is 45.0. The third kappa shape index (κ3) is 6.14. The molecule has 0 radical (unpaired) electrons. The SMILES string of the molecule is CC1(C)OC2C3(CCCC3)C(=O)OCC23C1C(=O)C(O)C1(C2CCCC(Cc4ccccc4)C2)C3CCC2(C)C(c3ccoc3CC(C(O)CO)C3C=CC(C4CNCN4)CC3)OC(=O)C3OC321. The maximum atomic E-state index is 16.0. The van der Waals surface area contributed by atoms with Gasteiger partial charge in [0.25, 0.3) is 0 Å². The van der Waals surface area contributed by atoms with E-state index in [2.05, 4.69) is 54.0 Å². The Morgan fingerprint density at radius 1 is 0.897 bits per heavy atom. The van der Waals surface area contributed by atoms with Gasteiger partial charge in [0.15, 0.2) is 11.9 Å². The van der Waals surface area contributed by atoms with Gasteiger partial charge in [-0.05, 0) is 113 Å². The molecule has 17 atom stereocenters. The van der Waals surface area contributed by atoms with Crippen molar-refractivity contribution in [2.45, 2.75) is 158 Å². The molecule has 1 aromatic heterocycles. The fourth-order valence-corrected chi connectivity index (χ4v) is 18.1. The third-order valence-electron chi connectivity index (χ3n) is 20.7. The summed E-state index contributed by atoms with van der Waals surface area (Å²) >= 11 is 0. The highest BCUT2D eigenvalue weighted by Crippen LogP contribution is 2.83. The van der Waals surface area contributed by atoms with Crippen LogP contribution < -0.4 is 10.6 Å². The first-order valence-electron chi connectivity index (χ1n) is 26.2. The van der Waals surface area contributed by atoms with Crippen molar-refractivity contribution >= 4 is 17.7 Å². The summed E-state index contributed by atoms with van der Waals surface area (Å²) in [6, 6.07) is 12.8. The first-order chi connectivity index (χ1) is 32.8. The zero-order chi connectivity index (χ0) is 47.0. The number of furan rings is 1. The molecule has 13 heteroatoms. The van der Waals surface area contributed by atoms with E-state index in [-0.39, 0.29) is 47.9 Å². The molecule has 3 spiro atoms. The highest BCUT2D eigenvalue weighted by molar-refractivity contribution is 5.93. The molecular weight excluding hydrogens is 865 g/mol. The maximum absolute atomic E-state index is 16.0. The van der Waals surface area contributed by atoms with Crippen LogP contribution in [0.4, 0.5) is 0 Å². The Hall–Kier alpha value is -3.43. The summed E-state index contributed by atoms with van der Waals surface area (Å²) < 4.78 is 33.9. The van der Waals surface area contributed by atoms with E-state index in [1.165, 1.54) is 5.56 Å². The van der Waals surface area contributed by atoms with Gasteiger partial charge in [0.1, 0.15) is 30.2 Å². The number of aliphatic hydroxyl groups is 3. The highest BCUT2D eigenvalue weighted by atomic mass is 16.7. The number of aliphatic hydroxyl groups excluding tert-OH is 3. The molecule has 9 fully saturated rings. The second kappa shape index (κ2) is 16.3. The Morgan fingerprint density at radius 3 is 2.44 bits per heavy atom. The van der Waals surface area contributed by atoms with Gasteiger partial charge in [-0.2, -0.15) is 0 Å². The summed E-state index contributed by atoms with van der Waals surface area (Å²) in [5.41, 5.74) is -4.44. The van der Waals surface area contributed by atoms with Crippen molar-refractivity contribution in [2.75, 3.05) is 26.4 Å². The van der Waals surface area contributed by atoms with Crippen molar-refractivity contribution in [1.29, 1.82) is 0 Å². The first kappa shape index (κ1) is 45.7. The predicted octanol–water partition coefficient (Wildman–Crippen LogP) is 5.92. The molecule has 17 unspecified atom stereocenters. The van der Waals surface area contributed by atoms with Crippen LogP contribution in [0.3, 0.4) is 0 Å². The Balaban J connectivity index is 0.976. The minimum Gasteiger partial charge on any atom is -0.469 e. The summed E-state index contributed by atoms with van der Waals surface area (Å²) in [4.78, 5) is 45.2. The average Bonchev–Trinajstić information content (AvgIpc) is 3.84. The summed E-state index contributed by atoms with van der Waals surface area (Å²) in [6.45, 7) is 7.39. The number of hydrogen-bond donors (Lipinski definition) is 5. The third-order valence-corrected chi connectivity index (χ3v) is 20.7. The minimum atomic E-state index is -1.48. The van der Waals surface area contributed by atoms with Crippen LogP contribution in [0.15, 0.2) is 59.2 Å². The van der Waals surface area contributed by atoms with Crippen molar-refractivity contribution in [1.82, 2.24) is 10.6 Å². The molecule has 13 nitrogen and oxygen atoms in total. The molecule has 12 rings (SSSR count). The molecule has 6 heterocycles. The zero-order valence-electron chi connectivity index (χ0n) is 40.0. The zero-order valence-corrected chi connectivity index (χ0v) is 40.0. The molecule has 0 bridgehead atoms. The van der Waals surface area contributed by atoms with E-state index in [4.69, 9.17) is 23.4 Å². The number of nitrogens with one attached hydrogen (secondary N) is 2. The van der Waals surface area contributed by atoms with Crippen molar-refractivity contribution in [3.05, 3.63) is 71.7 Å². The highest BCUT2D eigenvalue weighted by Gasteiger charge is 2.93. The fraction of sp³-hybridized carbons (Fsp3) is 0.727. The average molecular weight is 937 g/mol. The number of esters is 2. The lowest BCUT2D eigenvalue weighted by atomic mass is 9.32. The molecule has 368 valence electrons. The van der Waals surface area contributed by atoms with Crippen LogP contribution in [0.5, 0.6) is 0 Å². The topological polar surface area (TPSA) is 189 Å². The molecule has 5 saturated heterocycles. The molecule has 5 N–H and O–H groups in total. The van der Waals surface area contributed by atoms with Crippen LogP contribution in [0.2, 0.25) is 0 Å². The van der Waals surface area contributed by atoms with E-state index in [0.717, 1.165) is 71.0 Å². The van der Waals surface area contributed by atoms with Gasteiger partial charge in [-0.3, -0.25) is 14.9 Å². The molecule has 0 amide bonds. The van der Waals surface area contributed by atoms with Gasteiger partial charge in [-0.15, -0.1) is 0 Å². The lowest BCUT2D eigenvalue weighted by molar-refractivity contribution is -0.285. The van der Waals surface area contributed by atoms with Crippen molar-refractivity contribution in [3.63, 3.8) is 0 Å².